The van der Waals surface area contributed by atoms with E-state index in [0.717, 1.165) is 25.2 Å². The molecule has 0 radical (unpaired) electrons. The second-order valence-corrected chi connectivity index (χ2v) is 7.89. The zero-order valence-corrected chi connectivity index (χ0v) is 14.5. The monoisotopic (exact) mass is 318 g/mol. The van der Waals surface area contributed by atoms with E-state index in [1.54, 1.807) is 6.20 Å². The Bertz CT molecular complexity index is 560. The molecule has 120 valence electrons. The minimum Gasteiger partial charge on any atom is -0.396 e. The van der Waals surface area contributed by atoms with E-state index in [2.05, 4.69) is 43.2 Å². The van der Waals surface area contributed by atoms with E-state index in [1.807, 2.05) is 29.5 Å². The summed E-state index contributed by atoms with van der Waals surface area (Å²) in [6.45, 7) is 8.57. The van der Waals surface area contributed by atoms with E-state index < -0.39 is 0 Å². The molecule has 0 bridgehead atoms. The SMILES string of the molecule is CC(C)(C)c1ccc(CNCC(CO)Cc2ccccn2)s1. The van der Waals surface area contributed by atoms with Crippen LogP contribution in [-0.4, -0.2) is 23.2 Å². The zero-order chi connectivity index (χ0) is 16.0. The molecule has 2 heterocycles. The lowest BCUT2D eigenvalue weighted by atomic mass is 9.95. The van der Waals surface area contributed by atoms with E-state index in [0.29, 0.717) is 0 Å². The average molecular weight is 318 g/mol. The predicted molar refractivity (Wildman–Crippen MR) is 93.2 cm³/mol. The van der Waals surface area contributed by atoms with Crippen molar-refractivity contribution in [3.63, 3.8) is 0 Å². The van der Waals surface area contributed by atoms with Gasteiger partial charge < -0.3 is 10.4 Å². The molecule has 0 saturated heterocycles. The minimum absolute atomic E-state index is 0.182. The number of aliphatic hydroxyl groups excluding tert-OH is 1. The Morgan fingerprint density at radius 2 is 2.05 bits per heavy atom. The van der Waals surface area contributed by atoms with Crippen molar-refractivity contribution >= 4 is 11.3 Å². The summed E-state index contributed by atoms with van der Waals surface area (Å²) in [5, 5.41) is 13.0. The van der Waals surface area contributed by atoms with Crippen LogP contribution in [0.25, 0.3) is 0 Å². The van der Waals surface area contributed by atoms with E-state index in [9.17, 15) is 5.11 Å². The molecule has 2 aromatic rings. The van der Waals surface area contributed by atoms with Crippen molar-refractivity contribution in [1.29, 1.82) is 0 Å². The molecule has 3 nitrogen and oxygen atoms in total. The van der Waals surface area contributed by atoms with Crippen LogP contribution in [0.4, 0.5) is 0 Å². The maximum atomic E-state index is 9.53. The van der Waals surface area contributed by atoms with Crippen molar-refractivity contribution in [2.75, 3.05) is 13.2 Å². The Hall–Kier alpha value is -1.23. The second kappa shape index (κ2) is 7.86. The number of nitrogens with zero attached hydrogens (tertiary/aromatic N) is 1. The summed E-state index contributed by atoms with van der Waals surface area (Å²) < 4.78 is 0. The molecule has 2 N–H and O–H groups in total. The van der Waals surface area contributed by atoms with Crippen molar-refractivity contribution < 1.29 is 5.11 Å². The Balaban J connectivity index is 1.80. The van der Waals surface area contributed by atoms with Crippen LogP contribution in [0.2, 0.25) is 0 Å². The van der Waals surface area contributed by atoms with Gasteiger partial charge in [-0.3, -0.25) is 4.98 Å². The molecule has 2 aromatic heterocycles. The van der Waals surface area contributed by atoms with Gasteiger partial charge in [0.1, 0.15) is 0 Å². The third kappa shape index (κ3) is 5.20. The lowest BCUT2D eigenvalue weighted by molar-refractivity contribution is 0.221. The van der Waals surface area contributed by atoms with Crippen LogP contribution in [0.15, 0.2) is 36.5 Å². The number of aliphatic hydroxyl groups is 1. The first-order valence-electron chi connectivity index (χ1n) is 7.79. The maximum absolute atomic E-state index is 9.53. The number of hydrogen-bond acceptors (Lipinski definition) is 4. The fraction of sp³-hybridized carbons (Fsp3) is 0.500. The van der Waals surface area contributed by atoms with Gasteiger partial charge >= 0.3 is 0 Å². The van der Waals surface area contributed by atoms with Gasteiger partial charge in [0.15, 0.2) is 0 Å². The molecule has 1 unspecified atom stereocenters. The number of hydrogen-bond donors (Lipinski definition) is 2. The van der Waals surface area contributed by atoms with Gasteiger partial charge in [0.05, 0.1) is 0 Å². The topological polar surface area (TPSA) is 45.1 Å². The fourth-order valence-electron chi connectivity index (χ4n) is 2.29. The lowest BCUT2D eigenvalue weighted by Gasteiger charge is -2.16. The van der Waals surface area contributed by atoms with E-state index in [-0.39, 0.29) is 17.9 Å². The van der Waals surface area contributed by atoms with E-state index >= 15 is 0 Å². The van der Waals surface area contributed by atoms with Gasteiger partial charge in [-0.15, -0.1) is 11.3 Å². The summed E-state index contributed by atoms with van der Waals surface area (Å²) in [4.78, 5) is 7.09. The van der Waals surface area contributed by atoms with Gasteiger partial charge in [0.25, 0.3) is 0 Å². The van der Waals surface area contributed by atoms with Gasteiger partial charge in [0.2, 0.25) is 0 Å². The molecule has 0 amide bonds. The predicted octanol–water partition coefficient (Wildman–Crippen LogP) is 3.38. The fourth-order valence-corrected chi connectivity index (χ4v) is 3.33. The van der Waals surface area contributed by atoms with Crippen LogP contribution in [0.1, 0.15) is 36.2 Å². The van der Waals surface area contributed by atoms with E-state index in [1.165, 1.54) is 9.75 Å². The molecule has 1 atom stereocenters. The van der Waals surface area contributed by atoms with Crippen molar-refractivity contribution in [1.82, 2.24) is 10.3 Å². The van der Waals surface area contributed by atoms with Gasteiger partial charge in [-0.05, 0) is 42.0 Å². The Morgan fingerprint density at radius 3 is 2.64 bits per heavy atom. The average Bonchev–Trinajstić information content (AvgIpc) is 2.96. The highest BCUT2D eigenvalue weighted by molar-refractivity contribution is 7.12. The molecular weight excluding hydrogens is 292 g/mol. The molecule has 22 heavy (non-hydrogen) atoms. The van der Waals surface area contributed by atoms with Crippen LogP contribution < -0.4 is 5.32 Å². The molecule has 0 aliphatic carbocycles. The first kappa shape index (κ1) is 17.1. The first-order chi connectivity index (χ1) is 10.5. The molecule has 0 saturated carbocycles. The van der Waals surface area contributed by atoms with Crippen molar-refractivity contribution in [3.05, 3.63) is 52.0 Å². The molecular formula is C18H26N2OS. The third-order valence-corrected chi connectivity index (χ3v) is 5.13. The zero-order valence-electron chi connectivity index (χ0n) is 13.7. The largest absolute Gasteiger partial charge is 0.396 e. The number of rotatable bonds is 7. The normalized spacial score (nSPS) is 13.3. The maximum Gasteiger partial charge on any atom is 0.0475 e. The second-order valence-electron chi connectivity index (χ2n) is 6.72. The molecule has 4 heteroatoms. The Labute approximate surface area is 137 Å². The van der Waals surface area contributed by atoms with Crippen LogP contribution in [0.5, 0.6) is 0 Å². The number of nitrogens with one attached hydrogen (secondary N) is 1. The van der Waals surface area contributed by atoms with Crippen LogP contribution in [0.3, 0.4) is 0 Å². The lowest BCUT2D eigenvalue weighted by Crippen LogP contribution is -2.26. The molecule has 0 fully saturated rings. The molecule has 0 aliphatic rings. The highest BCUT2D eigenvalue weighted by atomic mass is 32.1. The van der Waals surface area contributed by atoms with Crippen LogP contribution in [-0.2, 0) is 18.4 Å². The molecule has 0 aliphatic heterocycles. The molecule has 0 spiro atoms. The Morgan fingerprint density at radius 1 is 1.23 bits per heavy atom. The summed E-state index contributed by atoms with van der Waals surface area (Å²) in [6.07, 6.45) is 2.61. The number of pyridine rings is 1. The smallest absolute Gasteiger partial charge is 0.0475 e. The van der Waals surface area contributed by atoms with Gasteiger partial charge in [-0.25, -0.2) is 0 Å². The third-order valence-electron chi connectivity index (χ3n) is 3.62. The Kier molecular flexibility index (Phi) is 6.12. The van der Waals surface area contributed by atoms with Gasteiger partial charge in [-0.2, -0.15) is 0 Å². The number of thiophene rings is 1. The number of aromatic nitrogens is 1. The molecule has 0 aromatic carbocycles. The summed E-state index contributed by atoms with van der Waals surface area (Å²) in [6, 6.07) is 10.3. The highest BCUT2D eigenvalue weighted by Gasteiger charge is 2.16. The molecule has 2 rings (SSSR count). The highest BCUT2D eigenvalue weighted by Crippen LogP contribution is 2.29. The van der Waals surface area contributed by atoms with Gasteiger partial charge in [0, 0.05) is 41.3 Å². The summed E-state index contributed by atoms with van der Waals surface area (Å²) >= 11 is 1.87. The van der Waals surface area contributed by atoms with Crippen LogP contribution >= 0.6 is 11.3 Å². The van der Waals surface area contributed by atoms with E-state index in [4.69, 9.17) is 0 Å². The minimum atomic E-state index is 0.182. The van der Waals surface area contributed by atoms with Crippen molar-refractivity contribution in [2.24, 2.45) is 5.92 Å². The van der Waals surface area contributed by atoms with Crippen molar-refractivity contribution in [2.45, 2.75) is 39.2 Å². The summed E-state index contributed by atoms with van der Waals surface area (Å²) in [5.41, 5.74) is 1.25. The quantitative estimate of drug-likeness (QED) is 0.822. The standard InChI is InChI=1S/C18H26N2OS/c1-18(2,3)17-8-7-16(22-17)12-19-11-14(13-21)10-15-6-4-5-9-20-15/h4-9,14,19,21H,10-13H2,1-3H3. The summed E-state index contributed by atoms with van der Waals surface area (Å²) in [5.74, 6) is 0.206. The van der Waals surface area contributed by atoms with Crippen LogP contribution in [0, 0.1) is 5.92 Å². The van der Waals surface area contributed by atoms with Gasteiger partial charge in [-0.1, -0.05) is 26.8 Å². The first-order valence-corrected chi connectivity index (χ1v) is 8.61. The summed E-state index contributed by atoms with van der Waals surface area (Å²) in [7, 11) is 0. The van der Waals surface area contributed by atoms with Crippen molar-refractivity contribution in [3.8, 4) is 0 Å².